The molecule has 0 saturated carbocycles. The van der Waals surface area contributed by atoms with E-state index in [1.807, 2.05) is 0 Å². The Kier molecular flexibility index (Phi) is 7.60. The van der Waals surface area contributed by atoms with E-state index in [1.54, 1.807) is 0 Å². The van der Waals surface area contributed by atoms with Gasteiger partial charge in [0.15, 0.2) is 0 Å². The van der Waals surface area contributed by atoms with Crippen LogP contribution in [-0.2, 0) is 0 Å². The van der Waals surface area contributed by atoms with E-state index < -0.39 is 0 Å². The maximum atomic E-state index is 2.41. The van der Waals surface area contributed by atoms with Gasteiger partial charge in [-0.2, -0.15) is 0 Å². The molecule has 0 fully saturated rings. The predicted molar refractivity (Wildman–Crippen MR) is 241 cm³/mol. The van der Waals surface area contributed by atoms with Gasteiger partial charge in [0.1, 0.15) is 0 Å². The molecule has 0 aliphatic heterocycles. The van der Waals surface area contributed by atoms with Gasteiger partial charge in [-0.05, 0) is 122 Å². The third-order valence-corrected chi connectivity index (χ3v) is 11.6. The van der Waals surface area contributed by atoms with Gasteiger partial charge in [0.25, 0.3) is 0 Å². The second-order valence-electron chi connectivity index (χ2n) is 14.8. The van der Waals surface area contributed by atoms with Crippen molar-refractivity contribution in [2.45, 2.75) is 0 Å². The van der Waals surface area contributed by atoms with E-state index >= 15 is 0 Å². The molecule has 0 saturated heterocycles. The molecule has 0 atom stereocenters. The minimum Gasteiger partial charge on any atom is -0.0622 e. The highest BCUT2D eigenvalue weighted by molar-refractivity contribution is 6.23. The van der Waals surface area contributed by atoms with Gasteiger partial charge in [-0.25, -0.2) is 0 Å². The van der Waals surface area contributed by atoms with E-state index in [0.29, 0.717) is 0 Å². The number of hydrogen-bond acceptors (Lipinski definition) is 0. The summed E-state index contributed by atoms with van der Waals surface area (Å²) < 4.78 is 0. The summed E-state index contributed by atoms with van der Waals surface area (Å²) >= 11 is 0. The first-order chi connectivity index (χ1) is 27.8. The lowest BCUT2D eigenvalue weighted by Crippen LogP contribution is -1.92. The van der Waals surface area contributed by atoms with Gasteiger partial charge in [-0.3, -0.25) is 0 Å². The van der Waals surface area contributed by atoms with E-state index in [9.17, 15) is 0 Å². The normalized spacial score (nSPS) is 11.6. The van der Waals surface area contributed by atoms with Gasteiger partial charge in [0, 0.05) is 0 Å². The lowest BCUT2D eigenvalue weighted by atomic mass is 9.84. The zero-order valence-corrected chi connectivity index (χ0v) is 30.8. The fraction of sp³-hybridized carbons (Fsp3) is 0. The largest absolute Gasteiger partial charge is 0.0622 e. The van der Waals surface area contributed by atoms with Crippen molar-refractivity contribution in [2.24, 2.45) is 0 Å². The summed E-state index contributed by atoms with van der Waals surface area (Å²) in [6.45, 7) is 0. The van der Waals surface area contributed by atoms with Crippen molar-refractivity contribution in [3.05, 3.63) is 218 Å². The van der Waals surface area contributed by atoms with Crippen LogP contribution in [0.5, 0.6) is 0 Å². The zero-order valence-electron chi connectivity index (χ0n) is 30.8. The third kappa shape index (κ3) is 5.22. The van der Waals surface area contributed by atoms with Crippen molar-refractivity contribution >= 4 is 53.9 Å². The molecule has 11 rings (SSSR count). The highest BCUT2D eigenvalue weighted by atomic mass is 14.2. The maximum Gasteiger partial charge on any atom is -0.00262 e. The first-order valence-corrected chi connectivity index (χ1v) is 19.4. The molecule has 0 aliphatic rings. The summed E-state index contributed by atoms with van der Waals surface area (Å²) in [6, 6.07) is 80.2. The molecule has 0 radical (unpaired) electrons. The molecule has 0 spiro atoms. The van der Waals surface area contributed by atoms with Crippen molar-refractivity contribution in [3.63, 3.8) is 0 Å². The van der Waals surface area contributed by atoms with Crippen LogP contribution in [0.4, 0.5) is 0 Å². The Morgan fingerprint density at radius 2 is 0.500 bits per heavy atom. The summed E-state index contributed by atoms with van der Waals surface area (Å²) in [4.78, 5) is 0. The van der Waals surface area contributed by atoms with Crippen molar-refractivity contribution in [1.29, 1.82) is 0 Å². The van der Waals surface area contributed by atoms with Gasteiger partial charge < -0.3 is 0 Å². The van der Waals surface area contributed by atoms with E-state index in [0.717, 1.165) is 0 Å². The number of rotatable bonds is 5. The topological polar surface area (TPSA) is 0 Å². The molecule has 0 heterocycles. The van der Waals surface area contributed by atoms with Crippen molar-refractivity contribution < 1.29 is 0 Å². The molecule has 0 aliphatic carbocycles. The molecule has 0 aromatic heterocycles. The predicted octanol–water partition coefficient (Wildman–Crippen LogP) is 15.8. The monoisotopic (exact) mass is 708 g/mol. The summed E-state index contributed by atoms with van der Waals surface area (Å²) in [5.74, 6) is 0. The third-order valence-electron chi connectivity index (χ3n) is 11.6. The van der Waals surface area contributed by atoms with E-state index in [4.69, 9.17) is 0 Å². The Labute approximate surface area is 326 Å². The highest BCUT2D eigenvalue weighted by Gasteiger charge is 2.19. The number of hydrogen-bond donors (Lipinski definition) is 0. The zero-order chi connectivity index (χ0) is 37.0. The lowest BCUT2D eigenvalue weighted by molar-refractivity contribution is 1.62. The van der Waals surface area contributed by atoms with Crippen LogP contribution in [0.2, 0.25) is 0 Å². The van der Waals surface area contributed by atoms with Gasteiger partial charge in [-0.15, -0.1) is 0 Å². The quantitative estimate of drug-likeness (QED) is 0.156. The van der Waals surface area contributed by atoms with Crippen molar-refractivity contribution in [1.82, 2.24) is 0 Å². The van der Waals surface area contributed by atoms with Crippen LogP contribution in [0.25, 0.3) is 109 Å². The second kappa shape index (κ2) is 13.2. The van der Waals surface area contributed by atoms with Crippen LogP contribution in [0.3, 0.4) is 0 Å². The Bertz CT molecular complexity index is 3210. The van der Waals surface area contributed by atoms with Gasteiger partial charge in [0.05, 0.1) is 0 Å². The van der Waals surface area contributed by atoms with Crippen LogP contribution < -0.4 is 0 Å². The highest BCUT2D eigenvalue weighted by Crippen LogP contribution is 2.46. The number of benzene rings is 11. The molecule has 11 aromatic carbocycles. The molecule has 0 N–H and O–H groups in total. The molecular weight excluding hydrogens is 673 g/mol. The molecule has 0 nitrogen and oxygen atoms in total. The Morgan fingerprint density at radius 1 is 0.161 bits per heavy atom. The van der Waals surface area contributed by atoms with Crippen LogP contribution in [0, 0.1) is 0 Å². The summed E-state index contributed by atoms with van der Waals surface area (Å²) in [6.07, 6.45) is 0. The smallest absolute Gasteiger partial charge is 0.00262 e. The summed E-state index contributed by atoms with van der Waals surface area (Å²) in [7, 11) is 0. The van der Waals surface area contributed by atoms with Crippen LogP contribution >= 0.6 is 0 Å². The standard InChI is InChI=1S/C56H36/c1-3-16-39(17-4-1)53-45-21-9-12-24-48(45)55(40-18-5-2-6-19-40)52-36-43(33-34-51(52)53)38-27-30-41(31-28-38)54-46-22-10-13-25-49(46)56(50-26-14-11-23-47(50)54)44-32-29-37-15-7-8-20-42(37)35-44/h1-36H. The first-order valence-electron chi connectivity index (χ1n) is 19.4. The first kappa shape index (κ1) is 32.2. The average molecular weight is 709 g/mol. The molecule has 0 unspecified atom stereocenters. The van der Waals surface area contributed by atoms with Gasteiger partial charge in [-0.1, -0.05) is 206 Å². The fourth-order valence-corrected chi connectivity index (χ4v) is 9.11. The average Bonchev–Trinajstić information content (AvgIpc) is 3.27. The molecule has 0 amide bonds. The van der Waals surface area contributed by atoms with Gasteiger partial charge in [0.2, 0.25) is 0 Å². The maximum absolute atomic E-state index is 2.41. The van der Waals surface area contributed by atoms with Crippen LogP contribution in [-0.4, -0.2) is 0 Å². The summed E-state index contributed by atoms with van der Waals surface area (Å²) in [5, 5.41) is 12.6. The Morgan fingerprint density at radius 3 is 1.02 bits per heavy atom. The second-order valence-corrected chi connectivity index (χ2v) is 14.8. The molecule has 11 aromatic rings. The molecule has 0 bridgehead atoms. The molecule has 260 valence electrons. The van der Waals surface area contributed by atoms with Crippen LogP contribution in [0.1, 0.15) is 0 Å². The number of fused-ring (bicyclic) bond motifs is 5. The Hall–Kier alpha value is -7.28. The molecule has 56 heavy (non-hydrogen) atoms. The lowest BCUT2D eigenvalue weighted by Gasteiger charge is -2.19. The van der Waals surface area contributed by atoms with Gasteiger partial charge >= 0.3 is 0 Å². The molecule has 0 heteroatoms. The van der Waals surface area contributed by atoms with Crippen LogP contribution in [0.15, 0.2) is 218 Å². The fourth-order valence-electron chi connectivity index (χ4n) is 9.11. The minimum atomic E-state index is 1.20. The Balaban J connectivity index is 1.09. The minimum absolute atomic E-state index is 1.20. The summed E-state index contributed by atoms with van der Waals surface area (Å²) in [5.41, 5.74) is 12.4. The van der Waals surface area contributed by atoms with E-state index in [1.165, 1.54) is 109 Å². The molecular formula is C56H36. The van der Waals surface area contributed by atoms with E-state index in [2.05, 4.69) is 218 Å². The van der Waals surface area contributed by atoms with E-state index in [-0.39, 0.29) is 0 Å². The van der Waals surface area contributed by atoms with Crippen molar-refractivity contribution in [3.8, 4) is 55.6 Å². The SMILES string of the molecule is c1ccc(-c2c3ccccc3c(-c3ccccc3)c3cc(-c4ccc(-c5c6ccccc6c(-c6ccc7ccccc7c6)c6ccccc56)cc4)ccc23)cc1. The van der Waals surface area contributed by atoms with Crippen molar-refractivity contribution in [2.75, 3.05) is 0 Å².